The van der Waals surface area contributed by atoms with E-state index in [1.54, 1.807) is 0 Å². The molecule has 0 aromatic heterocycles. The molecule has 0 aromatic carbocycles. The summed E-state index contributed by atoms with van der Waals surface area (Å²) in [5.41, 5.74) is 4.27. The molecule has 3 nitrogen and oxygen atoms in total. The number of terminal acetylenes is 1. The molecule has 3 heteroatoms. The summed E-state index contributed by atoms with van der Waals surface area (Å²) >= 11 is 0. The zero-order chi connectivity index (χ0) is 10.3. The second-order valence-electron chi connectivity index (χ2n) is 4.58. The first-order chi connectivity index (χ1) is 5.82. The topological polar surface area (TPSA) is 52.3 Å². The highest BCUT2D eigenvalue weighted by atomic mass is 16.6. The number of carbonyl (C=O) groups excluding carboxylic acids is 1. The molecule has 72 valence electrons. The van der Waals surface area contributed by atoms with Gasteiger partial charge in [-0.25, -0.2) is 4.79 Å². The Balaban J connectivity index is 2.71. The van der Waals surface area contributed by atoms with Gasteiger partial charge in [-0.05, 0) is 5.41 Å². The normalized spacial score (nSPS) is 32.0. The van der Waals surface area contributed by atoms with Crippen molar-refractivity contribution in [1.82, 2.24) is 0 Å². The van der Waals surface area contributed by atoms with Gasteiger partial charge in [-0.2, -0.15) is 0 Å². The van der Waals surface area contributed by atoms with Crippen molar-refractivity contribution in [1.29, 1.82) is 0 Å². The predicted molar refractivity (Wildman–Crippen MR) is 49.8 cm³/mol. The number of nitrogens with two attached hydrogens (primary N) is 1. The SMILES string of the molecule is C#CC1(OC(N)=O)CC1C(C)(C)C. The van der Waals surface area contributed by atoms with E-state index in [9.17, 15) is 4.79 Å². The Morgan fingerprint density at radius 1 is 1.69 bits per heavy atom. The minimum Gasteiger partial charge on any atom is -0.430 e. The number of ether oxygens (including phenoxy) is 1. The Hall–Kier alpha value is -1.17. The van der Waals surface area contributed by atoms with Crippen LogP contribution in [0.25, 0.3) is 0 Å². The van der Waals surface area contributed by atoms with Gasteiger partial charge in [-0.1, -0.05) is 26.7 Å². The van der Waals surface area contributed by atoms with Crippen LogP contribution in [0.4, 0.5) is 4.79 Å². The minimum atomic E-state index is -0.787. The fraction of sp³-hybridized carbons (Fsp3) is 0.700. The van der Waals surface area contributed by atoms with Gasteiger partial charge in [0.2, 0.25) is 0 Å². The molecular formula is C10H15NO2. The molecule has 1 saturated carbocycles. The Bertz CT molecular complexity index is 272. The van der Waals surface area contributed by atoms with Crippen molar-refractivity contribution < 1.29 is 9.53 Å². The zero-order valence-corrected chi connectivity index (χ0v) is 8.26. The smallest absolute Gasteiger partial charge is 0.406 e. The number of hydrogen-bond acceptors (Lipinski definition) is 2. The third-order valence-electron chi connectivity index (χ3n) is 2.48. The van der Waals surface area contributed by atoms with Crippen LogP contribution in [0.3, 0.4) is 0 Å². The Morgan fingerprint density at radius 3 is 2.46 bits per heavy atom. The average molecular weight is 181 g/mol. The minimum absolute atomic E-state index is 0.0574. The van der Waals surface area contributed by atoms with Crippen LogP contribution in [0.5, 0.6) is 0 Å². The summed E-state index contributed by atoms with van der Waals surface area (Å²) in [6.07, 6.45) is 5.25. The average Bonchev–Trinajstić information content (AvgIpc) is 2.62. The van der Waals surface area contributed by atoms with E-state index in [0.717, 1.165) is 6.42 Å². The maximum absolute atomic E-state index is 10.6. The van der Waals surface area contributed by atoms with Gasteiger partial charge in [0.1, 0.15) is 0 Å². The summed E-state index contributed by atoms with van der Waals surface area (Å²) in [6.45, 7) is 6.21. The van der Waals surface area contributed by atoms with E-state index < -0.39 is 11.7 Å². The van der Waals surface area contributed by atoms with Gasteiger partial charge in [-0.3, -0.25) is 0 Å². The standard InChI is InChI=1S/C10H15NO2/c1-5-10(13-8(11)12)6-7(10)9(2,3)4/h1,7H,6H2,2-4H3,(H2,11,12). The van der Waals surface area contributed by atoms with Gasteiger partial charge >= 0.3 is 6.09 Å². The first-order valence-electron chi connectivity index (χ1n) is 4.28. The molecule has 0 bridgehead atoms. The molecule has 13 heavy (non-hydrogen) atoms. The van der Waals surface area contributed by atoms with Crippen molar-refractivity contribution in [2.75, 3.05) is 0 Å². The van der Waals surface area contributed by atoms with Gasteiger partial charge in [-0.15, -0.1) is 6.42 Å². The van der Waals surface area contributed by atoms with Crippen LogP contribution in [0, 0.1) is 23.7 Å². The number of rotatable bonds is 1. The first kappa shape index (κ1) is 9.91. The predicted octanol–water partition coefficient (Wildman–Crippen LogP) is 1.52. The molecular weight excluding hydrogens is 166 g/mol. The summed E-state index contributed by atoms with van der Waals surface area (Å²) in [6, 6.07) is 0. The van der Waals surface area contributed by atoms with Crippen molar-refractivity contribution in [3.8, 4) is 12.3 Å². The number of carbonyl (C=O) groups is 1. The Kier molecular flexibility index (Phi) is 2.03. The van der Waals surface area contributed by atoms with Gasteiger partial charge in [0.05, 0.1) is 0 Å². The Labute approximate surface area is 78.6 Å². The summed E-state index contributed by atoms with van der Waals surface area (Å²) in [5, 5.41) is 0. The van der Waals surface area contributed by atoms with Crippen molar-refractivity contribution in [3.05, 3.63) is 0 Å². The Morgan fingerprint density at radius 2 is 2.23 bits per heavy atom. The summed E-state index contributed by atoms with van der Waals surface area (Å²) in [4.78, 5) is 10.6. The van der Waals surface area contributed by atoms with Gasteiger partial charge in [0, 0.05) is 12.3 Å². The lowest BCUT2D eigenvalue weighted by atomic mass is 9.88. The van der Waals surface area contributed by atoms with Crippen LogP contribution in [0.15, 0.2) is 0 Å². The number of primary amides is 1. The lowest BCUT2D eigenvalue weighted by Crippen LogP contribution is -2.28. The second kappa shape index (κ2) is 2.66. The molecule has 1 fully saturated rings. The number of hydrogen-bond donors (Lipinski definition) is 1. The van der Waals surface area contributed by atoms with Gasteiger partial charge < -0.3 is 10.5 Å². The highest BCUT2D eigenvalue weighted by Gasteiger charge is 2.61. The van der Waals surface area contributed by atoms with Crippen LogP contribution in [0.1, 0.15) is 27.2 Å². The van der Waals surface area contributed by atoms with E-state index in [1.165, 1.54) is 0 Å². The molecule has 0 spiro atoms. The summed E-state index contributed by atoms with van der Waals surface area (Å²) in [7, 11) is 0. The van der Waals surface area contributed by atoms with E-state index in [1.807, 2.05) is 0 Å². The maximum atomic E-state index is 10.6. The lowest BCUT2D eigenvalue weighted by Gasteiger charge is -2.20. The molecule has 0 radical (unpaired) electrons. The molecule has 0 saturated heterocycles. The van der Waals surface area contributed by atoms with Crippen molar-refractivity contribution in [3.63, 3.8) is 0 Å². The van der Waals surface area contributed by atoms with E-state index in [4.69, 9.17) is 16.9 Å². The quantitative estimate of drug-likeness (QED) is 0.623. The fourth-order valence-corrected chi connectivity index (χ4v) is 1.73. The third-order valence-corrected chi connectivity index (χ3v) is 2.48. The maximum Gasteiger partial charge on any atom is 0.406 e. The van der Waals surface area contributed by atoms with E-state index >= 15 is 0 Å². The van der Waals surface area contributed by atoms with E-state index in [0.29, 0.717) is 0 Å². The number of amides is 1. The largest absolute Gasteiger partial charge is 0.430 e. The van der Waals surface area contributed by atoms with Crippen LogP contribution in [0.2, 0.25) is 0 Å². The van der Waals surface area contributed by atoms with Gasteiger partial charge in [0.25, 0.3) is 0 Å². The van der Waals surface area contributed by atoms with Gasteiger partial charge in [0.15, 0.2) is 5.60 Å². The molecule has 1 amide bonds. The molecule has 0 aromatic rings. The van der Waals surface area contributed by atoms with E-state index in [-0.39, 0.29) is 11.3 Å². The molecule has 1 rings (SSSR count). The van der Waals surface area contributed by atoms with Crippen molar-refractivity contribution in [2.45, 2.75) is 32.8 Å². The molecule has 2 N–H and O–H groups in total. The van der Waals surface area contributed by atoms with Crippen LogP contribution >= 0.6 is 0 Å². The molecule has 2 unspecified atom stereocenters. The highest BCUT2D eigenvalue weighted by molar-refractivity contribution is 5.66. The molecule has 1 aliphatic rings. The van der Waals surface area contributed by atoms with Crippen molar-refractivity contribution in [2.24, 2.45) is 17.1 Å². The highest BCUT2D eigenvalue weighted by Crippen LogP contribution is 2.55. The van der Waals surface area contributed by atoms with Crippen LogP contribution in [-0.2, 0) is 4.74 Å². The monoisotopic (exact) mass is 181 g/mol. The summed E-state index contributed by atoms with van der Waals surface area (Å²) < 4.78 is 4.94. The lowest BCUT2D eigenvalue weighted by molar-refractivity contribution is 0.0988. The molecule has 0 aliphatic heterocycles. The van der Waals surface area contributed by atoms with Crippen LogP contribution < -0.4 is 5.73 Å². The van der Waals surface area contributed by atoms with Crippen molar-refractivity contribution >= 4 is 6.09 Å². The fourth-order valence-electron chi connectivity index (χ4n) is 1.73. The third kappa shape index (κ3) is 1.77. The van der Waals surface area contributed by atoms with Crippen LogP contribution in [-0.4, -0.2) is 11.7 Å². The molecule has 0 heterocycles. The second-order valence-corrected chi connectivity index (χ2v) is 4.58. The summed E-state index contributed by atoms with van der Waals surface area (Å²) in [5.74, 6) is 2.74. The first-order valence-corrected chi connectivity index (χ1v) is 4.28. The molecule has 1 aliphatic carbocycles. The zero-order valence-electron chi connectivity index (χ0n) is 8.26. The molecule has 2 atom stereocenters. The van der Waals surface area contributed by atoms with E-state index in [2.05, 4.69) is 26.7 Å².